The molecule has 3 N–H and O–H groups in total. The number of nitrogens with one attached hydrogen (secondary N) is 1. The minimum atomic E-state index is -0.619. The maximum absolute atomic E-state index is 12.0. The van der Waals surface area contributed by atoms with Gasteiger partial charge in [-0.05, 0) is 24.6 Å². The first kappa shape index (κ1) is 18.8. The summed E-state index contributed by atoms with van der Waals surface area (Å²) in [6, 6.07) is 14.5. The van der Waals surface area contributed by atoms with E-state index < -0.39 is 18.1 Å². The van der Waals surface area contributed by atoms with Gasteiger partial charge >= 0.3 is 0 Å². The van der Waals surface area contributed by atoms with Crippen molar-refractivity contribution in [1.82, 2.24) is 25.1 Å². The molecule has 1 aromatic carbocycles. The summed E-state index contributed by atoms with van der Waals surface area (Å²) in [4.78, 5) is 32.5. The Balaban J connectivity index is 1.81. The number of ether oxygens (including phenoxy) is 1. The van der Waals surface area contributed by atoms with Crippen LogP contribution in [0.3, 0.4) is 0 Å². The van der Waals surface area contributed by atoms with Gasteiger partial charge in [0, 0.05) is 5.69 Å². The normalized spacial score (nSPS) is 19.0. The summed E-state index contributed by atoms with van der Waals surface area (Å²) >= 11 is 0. The van der Waals surface area contributed by atoms with Gasteiger partial charge in [-0.3, -0.25) is 9.59 Å². The molecule has 9 nitrogen and oxygen atoms in total. The van der Waals surface area contributed by atoms with Crippen molar-refractivity contribution in [1.29, 1.82) is 0 Å². The lowest BCUT2D eigenvalue weighted by Crippen LogP contribution is -2.42. The Morgan fingerprint density at radius 3 is 2.72 bits per heavy atom. The molecule has 1 saturated heterocycles. The van der Waals surface area contributed by atoms with Crippen molar-refractivity contribution < 1.29 is 14.3 Å². The molecule has 9 heteroatoms. The van der Waals surface area contributed by atoms with Gasteiger partial charge in [0.15, 0.2) is 17.5 Å². The maximum Gasteiger partial charge on any atom is 0.246 e. The second-order valence-electron chi connectivity index (χ2n) is 6.77. The molecule has 1 aliphatic rings. The topological polar surface area (TPSA) is 125 Å². The van der Waals surface area contributed by atoms with Crippen LogP contribution >= 0.6 is 0 Å². The highest BCUT2D eigenvalue weighted by Gasteiger charge is 2.36. The van der Waals surface area contributed by atoms with Crippen molar-refractivity contribution in [2.24, 2.45) is 5.73 Å². The van der Waals surface area contributed by atoms with Crippen LogP contribution in [-0.2, 0) is 20.7 Å². The fourth-order valence-corrected chi connectivity index (χ4v) is 3.29. The molecule has 3 aromatic rings. The molecule has 29 heavy (non-hydrogen) atoms. The summed E-state index contributed by atoms with van der Waals surface area (Å²) in [5, 5.41) is 7.40. The molecule has 2 amide bonds. The summed E-state index contributed by atoms with van der Waals surface area (Å²) in [5.74, 6) is 0.488. The Morgan fingerprint density at radius 1 is 1.21 bits per heavy atom. The van der Waals surface area contributed by atoms with Gasteiger partial charge in [-0.2, -0.15) is 4.68 Å². The zero-order chi connectivity index (χ0) is 20.4. The highest BCUT2D eigenvalue weighted by molar-refractivity contribution is 5.78. The summed E-state index contributed by atoms with van der Waals surface area (Å²) in [5.41, 5.74) is 7.00. The van der Waals surface area contributed by atoms with Crippen molar-refractivity contribution >= 4 is 11.8 Å². The van der Waals surface area contributed by atoms with E-state index in [1.807, 2.05) is 49.4 Å². The van der Waals surface area contributed by atoms with Crippen LogP contribution < -0.4 is 11.1 Å². The van der Waals surface area contributed by atoms with Crippen LogP contribution in [0, 0.1) is 6.92 Å². The third kappa shape index (κ3) is 3.99. The average molecular weight is 392 g/mol. The summed E-state index contributed by atoms with van der Waals surface area (Å²) in [6.45, 7) is 1.77. The smallest absolute Gasteiger partial charge is 0.246 e. The van der Waals surface area contributed by atoms with E-state index in [0.717, 1.165) is 11.3 Å². The zero-order valence-electron chi connectivity index (χ0n) is 15.8. The fraction of sp³-hybridized carbons (Fsp3) is 0.250. The van der Waals surface area contributed by atoms with Gasteiger partial charge in [0.25, 0.3) is 0 Å². The Hall–Kier alpha value is -3.59. The van der Waals surface area contributed by atoms with Crippen molar-refractivity contribution in [3.05, 3.63) is 71.4 Å². The number of rotatable bonds is 5. The van der Waals surface area contributed by atoms with Crippen LogP contribution in [0.5, 0.6) is 0 Å². The minimum absolute atomic E-state index is 0.104. The van der Waals surface area contributed by atoms with Gasteiger partial charge in [0.1, 0.15) is 12.7 Å². The van der Waals surface area contributed by atoms with Crippen LogP contribution in [0.1, 0.15) is 35.1 Å². The lowest BCUT2D eigenvalue weighted by molar-refractivity contribution is -0.138. The number of pyridine rings is 1. The van der Waals surface area contributed by atoms with Crippen LogP contribution in [0.2, 0.25) is 0 Å². The maximum atomic E-state index is 12.0. The Bertz CT molecular complexity index is 1050. The van der Waals surface area contributed by atoms with E-state index in [9.17, 15) is 9.59 Å². The number of carbonyl (C=O) groups is 2. The Kier molecular flexibility index (Phi) is 5.05. The van der Waals surface area contributed by atoms with Gasteiger partial charge in [0.2, 0.25) is 11.8 Å². The largest absolute Gasteiger partial charge is 0.369 e. The number of benzene rings is 1. The highest BCUT2D eigenvalue weighted by atomic mass is 16.5. The van der Waals surface area contributed by atoms with Crippen LogP contribution in [0.4, 0.5) is 0 Å². The molecule has 2 aromatic heterocycles. The van der Waals surface area contributed by atoms with Crippen molar-refractivity contribution in [3.8, 4) is 5.82 Å². The molecule has 0 radical (unpaired) electrons. The summed E-state index contributed by atoms with van der Waals surface area (Å²) in [7, 11) is 0. The molecule has 1 aliphatic heterocycles. The van der Waals surface area contributed by atoms with Crippen LogP contribution in [0.15, 0.2) is 48.5 Å². The number of hydrogen-bond donors (Lipinski definition) is 2. The molecule has 4 rings (SSSR count). The number of nitrogens with zero attached hydrogens (tertiary/aromatic N) is 4. The number of primary amides is 1. The number of carbonyl (C=O) groups excluding carboxylic acids is 2. The van der Waals surface area contributed by atoms with E-state index in [0.29, 0.717) is 11.6 Å². The van der Waals surface area contributed by atoms with Crippen molar-refractivity contribution in [2.75, 3.05) is 6.61 Å². The monoisotopic (exact) mass is 392 g/mol. The molecular formula is C20H20N6O3. The first-order valence-corrected chi connectivity index (χ1v) is 9.15. The fourth-order valence-electron chi connectivity index (χ4n) is 3.29. The first-order valence-electron chi connectivity index (χ1n) is 9.15. The number of amides is 2. The molecule has 1 fully saturated rings. The van der Waals surface area contributed by atoms with Gasteiger partial charge in [0.05, 0.1) is 12.5 Å². The number of aromatic nitrogens is 4. The average Bonchev–Trinajstić information content (AvgIpc) is 3.11. The second-order valence-corrected chi connectivity index (χ2v) is 6.77. The van der Waals surface area contributed by atoms with Crippen LogP contribution in [-0.4, -0.2) is 38.2 Å². The van der Waals surface area contributed by atoms with Crippen molar-refractivity contribution in [2.45, 2.75) is 25.5 Å². The zero-order valence-corrected chi connectivity index (χ0v) is 15.8. The first-order chi connectivity index (χ1) is 14.0. The van der Waals surface area contributed by atoms with E-state index in [-0.39, 0.29) is 24.8 Å². The van der Waals surface area contributed by atoms with Gasteiger partial charge in [-0.1, -0.05) is 36.4 Å². The Morgan fingerprint density at radius 2 is 2.00 bits per heavy atom. The number of hydrogen-bond acceptors (Lipinski definition) is 6. The van der Waals surface area contributed by atoms with E-state index >= 15 is 0 Å². The van der Waals surface area contributed by atoms with Crippen LogP contribution in [0.25, 0.3) is 5.82 Å². The van der Waals surface area contributed by atoms with Gasteiger partial charge in [-0.25, -0.2) is 9.97 Å². The van der Waals surface area contributed by atoms with E-state index in [4.69, 9.17) is 10.5 Å². The summed E-state index contributed by atoms with van der Waals surface area (Å²) in [6.07, 6.45) is -0.729. The van der Waals surface area contributed by atoms with E-state index in [1.165, 1.54) is 0 Å². The predicted molar refractivity (Wildman–Crippen MR) is 103 cm³/mol. The molecule has 2 atom stereocenters. The molecular weight excluding hydrogens is 372 g/mol. The molecule has 0 saturated carbocycles. The number of nitrogens with two attached hydrogens (primary N) is 1. The Labute approximate surface area is 166 Å². The number of morpholine rings is 1. The molecule has 0 aliphatic carbocycles. The van der Waals surface area contributed by atoms with E-state index in [1.54, 1.807) is 10.7 Å². The lowest BCUT2D eigenvalue weighted by atomic mass is 9.99. The van der Waals surface area contributed by atoms with Gasteiger partial charge in [-0.15, -0.1) is 5.10 Å². The van der Waals surface area contributed by atoms with E-state index in [2.05, 4.69) is 20.4 Å². The minimum Gasteiger partial charge on any atom is -0.369 e. The highest BCUT2D eigenvalue weighted by Crippen LogP contribution is 2.34. The third-order valence-electron chi connectivity index (χ3n) is 4.53. The standard InChI is InChI=1S/C20H20N6O3/c1-12-6-5-9-16(22-12)26-20(23-15(25-26)10-14(21)27)19-18(24-17(28)11-29-19)13-7-3-2-4-8-13/h2-9,18-19H,10-11H2,1H3,(H2,21,27)(H,24,28)/t18-,19+/m1/s1. The van der Waals surface area contributed by atoms with Crippen molar-refractivity contribution in [3.63, 3.8) is 0 Å². The molecule has 3 heterocycles. The number of aryl methyl sites for hydroxylation is 1. The molecule has 0 unspecified atom stereocenters. The predicted octanol–water partition coefficient (Wildman–Crippen LogP) is 0.927. The quantitative estimate of drug-likeness (QED) is 0.665. The third-order valence-corrected chi connectivity index (χ3v) is 4.53. The SMILES string of the molecule is Cc1cccc(-n2nc(CC(N)=O)nc2[C@H]2OCC(=O)N[C@@H]2c2ccccc2)n1. The lowest BCUT2D eigenvalue weighted by Gasteiger charge is -2.32. The van der Waals surface area contributed by atoms with Gasteiger partial charge < -0.3 is 15.8 Å². The second kappa shape index (κ2) is 7.80. The molecule has 148 valence electrons. The summed E-state index contributed by atoms with van der Waals surface area (Å²) < 4.78 is 7.42. The molecule has 0 spiro atoms. The molecule has 0 bridgehead atoms.